The van der Waals surface area contributed by atoms with Gasteiger partial charge in [0.15, 0.2) is 5.78 Å². The molecule has 1 atom stereocenters. The highest BCUT2D eigenvalue weighted by atomic mass is 16.4. The number of Topliss-reactive ketones (excluding diaryl/α,β-unsaturated/α-hetero) is 1. The summed E-state index contributed by atoms with van der Waals surface area (Å²) < 4.78 is 0. The van der Waals surface area contributed by atoms with E-state index >= 15 is 0 Å². The Bertz CT molecular complexity index is 642. The monoisotopic (exact) mass is 314 g/mol. The molecule has 122 valence electrons. The number of carbonyl (C=O) groups is 2. The Kier molecular flexibility index (Phi) is 7.66. The number of carboxylic acid groups (broad SMARTS) is 1. The molecule has 2 aromatic rings. The van der Waals surface area contributed by atoms with E-state index in [1.165, 1.54) is 7.05 Å². The molecule has 23 heavy (non-hydrogen) atoms. The number of ketones is 1. The van der Waals surface area contributed by atoms with Crippen LogP contribution < -0.4 is 11.5 Å². The minimum atomic E-state index is -0.949. The fourth-order valence-electron chi connectivity index (χ4n) is 2.18. The number of hydrogen-bond donors (Lipinski definition) is 3. The van der Waals surface area contributed by atoms with E-state index in [4.69, 9.17) is 10.8 Å². The normalized spacial score (nSPS) is 11.1. The molecule has 0 aliphatic carbocycles. The van der Waals surface area contributed by atoms with Crippen LogP contribution in [0.2, 0.25) is 0 Å². The Labute approximate surface area is 135 Å². The third-order valence-corrected chi connectivity index (χ3v) is 3.28. The van der Waals surface area contributed by atoms with E-state index < -0.39 is 12.0 Å². The summed E-state index contributed by atoms with van der Waals surface area (Å²) >= 11 is 0. The van der Waals surface area contributed by atoms with E-state index in [0.717, 1.165) is 11.1 Å². The molecule has 1 unspecified atom stereocenters. The van der Waals surface area contributed by atoms with Gasteiger partial charge in [0.1, 0.15) is 0 Å². The minimum Gasteiger partial charge on any atom is -0.481 e. The van der Waals surface area contributed by atoms with Crippen LogP contribution in [0.4, 0.5) is 0 Å². The van der Waals surface area contributed by atoms with Gasteiger partial charge in [-0.1, -0.05) is 54.6 Å². The summed E-state index contributed by atoms with van der Waals surface area (Å²) in [6, 6.07) is 16.0. The number of carbonyl (C=O) groups excluding carboxylic acids is 1. The molecule has 0 saturated heterocycles. The van der Waals surface area contributed by atoms with Crippen molar-refractivity contribution in [3.8, 4) is 11.1 Å². The average Bonchev–Trinajstić information content (AvgIpc) is 2.61. The molecule has 5 nitrogen and oxygen atoms in total. The molecule has 2 rings (SSSR count). The Balaban J connectivity index is 0.00000127. The summed E-state index contributed by atoms with van der Waals surface area (Å²) in [7, 11) is 1.50. The maximum absolute atomic E-state index is 12.4. The number of rotatable bonds is 6. The molecule has 5 N–H and O–H groups in total. The number of carboxylic acids is 1. The van der Waals surface area contributed by atoms with Gasteiger partial charge in [-0.2, -0.15) is 0 Å². The van der Waals surface area contributed by atoms with Crippen molar-refractivity contribution in [1.29, 1.82) is 0 Å². The summed E-state index contributed by atoms with van der Waals surface area (Å²) in [4.78, 5) is 23.0. The van der Waals surface area contributed by atoms with Gasteiger partial charge in [-0.25, -0.2) is 0 Å². The molecule has 0 bridgehead atoms. The van der Waals surface area contributed by atoms with E-state index in [0.29, 0.717) is 5.56 Å². The quantitative estimate of drug-likeness (QED) is 0.709. The predicted octanol–water partition coefficient (Wildman–Crippen LogP) is 2.30. The smallest absolute Gasteiger partial charge is 0.303 e. The van der Waals surface area contributed by atoms with Gasteiger partial charge in [0.05, 0.1) is 6.04 Å². The number of nitrogens with two attached hydrogens (primary N) is 2. The van der Waals surface area contributed by atoms with Gasteiger partial charge >= 0.3 is 5.97 Å². The van der Waals surface area contributed by atoms with Crippen molar-refractivity contribution < 1.29 is 14.7 Å². The van der Waals surface area contributed by atoms with Crippen LogP contribution in [0.3, 0.4) is 0 Å². The summed E-state index contributed by atoms with van der Waals surface area (Å²) in [5, 5.41) is 8.68. The van der Waals surface area contributed by atoms with Crippen molar-refractivity contribution in [3.63, 3.8) is 0 Å². The molecular weight excluding hydrogens is 292 g/mol. The first-order valence-corrected chi connectivity index (χ1v) is 7.33. The maximum Gasteiger partial charge on any atom is 0.303 e. The zero-order valence-corrected chi connectivity index (χ0v) is 13.1. The van der Waals surface area contributed by atoms with Gasteiger partial charge in [-0.05, 0) is 24.6 Å². The minimum absolute atomic E-state index is 0.111. The van der Waals surface area contributed by atoms with Crippen LogP contribution in [0.25, 0.3) is 11.1 Å². The molecule has 5 heteroatoms. The van der Waals surface area contributed by atoms with Gasteiger partial charge in [0, 0.05) is 12.0 Å². The molecular formula is C18H22N2O3. The Morgan fingerprint density at radius 2 is 1.57 bits per heavy atom. The van der Waals surface area contributed by atoms with Crippen LogP contribution in [-0.2, 0) is 4.79 Å². The number of hydrogen-bond acceptors (Lipinski definition) is 4. The molecule has 0 radical (unpaired) electrons. The van der Waals surface area contributed by atoms with Gasteiger partial charge < -0.3 is 16.6 Å². The Morgan fingerprint density at radius 1 is 1.00 bits per heavy atom. The molecule has 0 aliphatic rings. The van der Waals surface area contributed by atoms with E-state index in [-0.39, 0.29) is 18.6 Å². The van der Waals surface area contributed by atoms with E-state index in [1.54, 1.807) is 12.1 Å². The van der Waals surface area contributed by atoms with Gasteiger partial charge in [-0.3, -0.25) is 9.59 Å². The molecule has 0 aliphatic heterocycles. The predicted molar refractivity (Wildman–Crippen MR) is 91.2 cm³/mol. The first-order valence-electron chi connectivity index (χ1n) is 7.33. The highest BCUT2D eigenvalue weighted by Crippen LogP contribution is 2.24. The summed E-state index contributed by atoms with van der Waals surface area (Å²) in [5.74, 6) is -1.18. The lowest BCUT2D eigenvalue weighted by molar-refractivity contribution is -0.137. The van der Waals surface area contributed by atoms with Crippen LogP contribution in [-0.4, -0.2) is 29.9 Å². The lowest BCUT2D eigenvalue weighted by Crippen LogP contribution is -2.31. The molecule has 0 saturated carbocycles. The lowest BCUT2D eigenvalue weighted by Gasteiger charge is -2.13. The van der Waals surface area contributed by atoms with Crippen molar-refractivity contribution in [2.45, 2.75) is 18.9 Å². The van der Waals surface area contributed by atoms with Crippen molar-refractivity contribution in [2.24, 2.45) is 11.5 Å². The topological polar surface area (TPSA) is 106 Å². The zero-order chi connectivity index (χ0) is 17.2. The molecule has 2 aromatic carbocycles. The van der Waals surface area contributed by atoms with E-state index in [1.807, 2.05) is 42.5 Å². The summed E-state index contributed by atoms with van der Waals surface area (Å²) in [5.41, 5.74) is 12.6. The molecule has 0 amide bonds. The second kappa shape index (κ2) is 9.50. The van der Waals surface area contributed by atoms with E-state index in [2.05, 4.69) is 5.73 Å². The number of benzene rings is 2. The summed E-state index contributed by atoms with van der Waals surface area (Å²) in [6.45, 7) is 0. The lowest BCUT2D eigenvalue weighted by atomic mass is 9.93. The number of aliphatic carboxylic acids is 1. The van der Waals surface area contributed by atoms with Crippen LogP contribution in [0.1, 0.15) is 23.2 Å². The standard InChI is InChI=1S/C17H17NO3.CH5N/c18-15(10-11-16(19)20)17(21)14-9-5-4-8-13(14)12-6-2-1-3-7-12;1-2/h1-9,15H,10-11,18H2,(H,19,20);2H2,1H3. The molecule has 0 heterocycles. The zero-order valence-electron chi connectivity index (χ0n) is 13.1. The molecule has 0 aromatic heterocycles. The van der Waals surface area contributed by atoms with Crippen molar-refractivity contribution >= 4 is 11.8 Å². The fourth-order valence-corrected chi connectivity index (χ4v) is 2.18. The molecule has 0 fully saturated rings. The van der Waals surface area contributed by atoms with Crippen molar-refractivity contribution in [3.05, 3.63) is 60.2 Å². The summed E-state index contributed by atoms with van der Waals surface area (Å²) in [6.07, 6.45) is 0.0255. The van der Waals surface area contributed by atoms with E-state index in [9.17, 15) is 9.59 Å². The van der Waals surface area contributed by atoms with Gasteiger partial charge in [0.25, 0.3) is 0 Å². The maximum atomic E-state index is 12.4. The third-order valence-electron chi connectivity index (χ3n) is 3.28. The first kappa shape index (κ1) is 18.5. The van der Waals surface area contributed by atoms with Crippen LogP contribution in [0, 0.1) is 0 Å². The van der Waals surface area contributed by atoms with Crippen molar-refractivity contribution in [1.82, 2.24) is 0 Å². The third kappa shape index (κ3) is 5.32. The fraction of sp³-hybridized carbons (Fsp3) is 0.222. The van der Waals surface area contributed by atoms with Crippen LogP contribution >= 0.6 is 0 Å². The average molecular weight is 314 g/mol. The van der Waals surface area contributed by atoms with Gasteiger partial charge in [-0.15, -0.1) is 0 Å². The van der Waals surface area contributed by atoms with Gasteiger partial charge in [0.2, 0.25) is 0 Å². The SMILES string of the molecule is CN.NC(CCC(=O)O)C(=O)c1ccccc1-c1ccccc1. The Hall–Kier alpha value is -2.50. The first-order chi connectivity index (χ1) is 11.1. The largest absolute Gasteiger partial charge is 0.481 e. The highest BCUT2D eigenvalue weighted by molar-refractivity contribution is 6.05. The van der Waals surface area contributed by atoms with Crippen LogP contribution in [0.5, 0.6) is 0 Å². The Morgan fingerprint density at radius 3 is 2.17 bits per heavy atom. The molecule has 0 spiro atoms. The second-order valence-electron chi connectivity index (χ2n) is 4.81. The second-order valence-corrected chi connectivity index (χ2v) is 4.81. The van der Waals surface area contributed by atoms with Crippen LogP contribution in [0.15, 0.2) is 54.6 Å². The van der Waals surface area contributed by atoms with Crippen molar-refractivity contribution in [2.75, 3.05) is 7.05 Å². The highest BCUT2D eigenvalue weighted by Gasteiger charge is 2.19.